The van der Waals surface area contributed by atoms with Crippen molar-refractivity contribution in [2.75, 3.05) is 6.54 Å². The first-order valence-corrected chi connectivity index (χ1v) is 6.30. The van der Waals surface area contributed by atoms with Crippen molar-refractivity contribution < 1.29 is 4.52 Å². The summed E-state index contributed by atoms with van der Waals surface area (Å²) in [5, 5.41) is 4.58. The number of rotatable bonds is 4. The Morgan fingerprint density at radius 2 is 2.06 bits per heavy atom. The lowest BCUT2D eigenvalue weighted by Crippen LogP contribution is -2.18. The third-order valence-electron chi connectivity index (χ3n) is 2.93. The molecule has 18 heavy (non-hydrogen) atoms. The molecule has 0 aliphatic rings. The minimum Gasteiger partial charge on any atom is -0.339 e. The Balaban J connectivity index is 2.34. The van der Waals surface area contributed by atoms with Gasteiger partial charge in [-0.2, -0.15) is 4.98 Å². The zero-order valence-electron chi connectivity index (χ0n) is 10.4. The molecule has 0 radical (unpaired) electrons. The summed E-state index contributed by atoms with van der Waals surface area (Å²) in [5.74, 6) is 1.51. The molecule has 2 aromatic rings. The summed E-state index contributed by atoms with van der Waals surface area (Å²) in [5.41, 5.74) is 6.50. The smallest absolute Gasteiger partial charge is 0.231 e. The van der Waals surface area contributed by atoms with E-state index in [1.165, 1.54) is 0 Å². The number of nitrogens with two attached hydrogens (primary N) is 1. The summed E-state index contributed by atoms with van der Waals surface area (Å²) < 4.78 is 5.29. The fourth-order valence-corrected chi connectivity index (χ4v) is 2.02. The van der Waals surface area contributed by atoms with Crippen molar-refractivity contribution >= 4 is 11.6 Å². The van der Waals surface area contributed by atoms with Crippen molar-refractivity contribution in [3.8, 4) is 11.4 Å². The zero-order valence-corrected chi connectivity index (χ0v) is 11.2. The lowest BCUT2D eigenvalue weighted by Gasteiger charge is -2.13. The highest BCUT2D eigenvalue weighted by atomic mass is 35.5. The predicted molar refractivity (Wildman–Crippen MR) is 71.4 cm³/mol. The van der Waals surface area contributed by atoms with Crippen LogP contribution in [-0.2, 0) is 0 Å². The normalized spacial score (nSPS) is 12.9. The lowest BCUT2D eigenvalue weighted by molar-refractivity contribution is 0.324. The molecule has 0 aliphatic carbocycles. The third kappa shape index (κ3) is 2.54. The quantitative estimate of drug-likeness (QED) is 0.923. The van der Waals surface area contributed by atoms with Gasteiger partial charge in [0.1, 0.15) is 0 Å². The van der Waals surface area contributed by atoms with Crippen LogP contribution in [0.25, 0.3) is 11.4 Å². The molecule has 1 unspecified atom stereocenters. The van der Waals surface area contributed by atoms with Gasteiger partial charge in [-0.3, -0.25) is 0 Å². The van der Waals surface area contributed by atoms with Gasteiger partial charge in [0.15, 0.2) is 0 Å². The van der Waals surface area contributed by atoms with Gasteiger partial charge in [-0.1, -0.05) is 42.7 Å². The van der Waals surface area contributed by atoms with E-state index >= 15 is 0 Å². The van der Waals surface area contributed by atoms with Gasteiger partial charge in [-0.25, -0.2) is 0 Å². The van der Waals surface area contributed by atoms with E-state index in [2.05, 4.69) is 24.0 Å². The van der Waals surface area contributed by atoms with Gasteiger partial charge in [-0.05, 0) is 18.1 Å². The number of hydrogen-bond acceptors (Lipinski definition) is 4. The second-order valence-electron chi connectivity index (χ2n) is 4.52. The number of nitrogens with zero attached hydrogens (tertiary/aromatic N) is 2. The van der Waals surface area contributed by atoms with Crippen molar-refractivity contribution in [3.63, 3.8) is 0 Å². The number of aromatic nitrogens is 2. The first-order valence-electron chi connectivity index (χ1n) is 5.92. The van der Waals surface area contributed by atoms with Crippen molar-refractivity contribution in [1.82, 2.24) is 10.1 Å². The molecule has 1 aromatic heterocycles. The number of benzene rings is 1. The molecule has 0 spiro atoms. The van der Waals surface area contributed by atoms with Crippen LogP contribution in [0.1, 0.15) is 25.7 Å². The van der Waals surface area contributed by atoms with E-state index < -0.39 is 0 Å². The van der Waals surface area contributed by atoms with Crippen LogP contribution in [0.4, 0.5) is 0 Å². The lowest BCUT2D eigenvalue weighted by atomic mass is 9.96. The Bertz CT molecular complexity index is 524. The Morgan fingerprint density at radius 3 is 2.67 bits per heavy atom. The number of halogens is 1. The summed E-state index contributed by atoms with van der Waals surface area (Å²) in [6, 6.07) is 7.42. The maximum absolute atomic E-state index is 6.10. The van der Waals surface area contributed by atoms with E-state index in [4.69, 9.17) is 21.9 Å². The van der Waals surface area contributed by atoms with E-state index in [-0.39, 0.29) is 5.92 Å². The fourth-order valence-electron chi connectivity index (χ4n) is 1.80. The second kappa shape index (κ2) is 5.50. The molecule has 1 aromatic carbocycles. The molecular formula is C13H16ClN3O. The predicted octanol–water partition coefficient (Wildman–Crippen LogP) is 3.09. The van der Waals surface area contributed by atoms with Crippen LogP contribution < -0.4 is 5.73 Å². The van der Waals surface area contributed by atoms with E-state index in [1.807, 2.05) is 18.2 Å². The maximum Gasteiger partial charge on any atom is 0.231 e. The minimum atomic E-state index is 0.0775. The van der Waals surface area contributed by atoms with Crippen LogP contribution in [-0.4, -0.2) is 16.7 Å². The monoisotopic (exact) mass is 265 g/mol. The summed E-state index contributed by atoms with van der Waals surface area (Å²) in [7, 11) is 0. The molecule has 0 fully saturated rings. The van der Waals surface area contributed by atoms with Crippen LogP contribution in [0, 0.1) is 5.92 Å². The first-order chi connectivity index (χ1) is 8.63. The topological polar surface area (TPSA) is 64.9 Å². The van der Waals surface area contributed by atoms with Crippen LogP contribution in [0.15, 0.2) is 28.8 Å². The Morgan fingerprint density at radius 1 is 1.33 bits per heavy atom. The summed E-state index contributed by atoms with van der Waals surface area (Å²) >= 11 is 6.10. The average Bonchev–Trinajstić information content (AvgIpc) is 2.79. The summed E-state index contributed by atoms with van der Waals surface area (Å²) in [4.78, 5) is 4.39. The summed E-state index contributed by atoms with van der Waals surface area (Å²) in [6.45, 7) is 4.65. The van der Waals surface area contributed by atoms with Gasteiger partial charge < -0.3 is 10.3 Å². The van der Waals surface area contributed by atoms with Crippen molar-refractivity contribution in [2.45, 2.75) is 19.8 Å². The first kappa shape index (κ1) is 13.1. The molecule has 2 rings (SSSR count). The molecular weight excluding hydrogens is 250 g/mol. The van der Waals surface area contributed by atoms with Gasteiger partial charge in [0.05, 0.1) is 10.9 Å². The Hall–Kier alpha value is -1.39. The highest BCUT2D eigenvalue weighted by Gasteiger charge is 2.21. The maximum atomic E-state index is 6.10. The fraction of sp³-hybridized carbons (Fsp3) is 0.385. The molecule has 1 atom stereocenters. The zero-order chi connectivity index (χ0) is 13.1. The van der Waals surface area contributed by atoms with Gasteiger partial charge in [0, 0.05) is 12.1 Å². The second-order valence-corrected chi connectivity index (χ2v) is 4.93. The van der Waals surface area contributed by atoms with E-state index in [0.29, 0.717) is 29.2 Å². The van der Waals surface area contributed by atoms with Crippen LogP contribution in [0.3, 0.4) is 0 Å². The molecule has 96 valence electrons. The summed E-state index contributed by atoms with van der Waals surface area (Å²) in [6.07, 6.45) is 0. The highest BCUT2D eigenvalue weighted by molar-refractivity contribution is 6.33. The molecule has 5 heteroatoms. The largest absolute Gasteiger partial charge is 0.339 e. The molecule has 0 saturated carbocycles. The van der Waals surface area contributed by atoms with Gasteiger partial charge in [-0.15, -0.1) is 0 Å². The molecule has 0 amide bonds. The molecule has 1 heterocycles. The van der Waals surface area contributed by atoms with E-state index in [1.54, 1.807) is 6.07 Å². The highest BCUT2D eigenvalue weighted by Crippen LogP contribution is 2.28. The van der Waals surface area contributed by atoms with Crippen molar-refractivity contribution in [3.05, 3.63) is 35.2 Å². The van der Waals surface area contributed by atoms with Gasteiger partial charge >= 0.3 is 0 Å². The SMILES string of the molecule is CC(C)C(CN)c1nc(-c2ccccc2Cl)no1. The van der Waals surface area contributed by atoms with E-state index in [0.717, 1.165) is 5.56 Å². The number of hydrogen-bond donors (Lipinski definition) is 1. The van der Waals surface area contributed by atoms with Crippen molar-refractivity contribution in [2.24, 2.45) is 11.7 Å². The Kier molecular flexibility index (Phi) is 3.99. The molecule has 0 bridgehead atoms. The van der Waals surface area contributed by atoms with Crippen LogP contribution in [0.2, 0.25) is 5.02 Å². The standard InChI is InChI=1S/C13H16ClN3O/c1-8(2)10(7-15)13-16-12(17-18-13)9-5-3-4-6-11(9)14/h3-6,8,10H,7,15H2,1-2H3. The van der Waals surface area contributed by atoms with E-state index in [9.17, 15) is 0 Å². The molecule has 0 aliphatic heterocycles. The van der Waals surface area contributed by atoms with Crippen LogP contribution >= 0.6 is 11.6 Å². The average molecular weight is 266 g/mol. The molecule has 2 N–H and O–H groups in total. The van der Waals surface area contributed by atoms with Crippen molar-refractivity contribution in [1.29, 1.82) is 0 Å². The Labute approximate surface area is 111 Å². The molecule has 4 nitrogen and oxygen atoms in total. The third-order valence-corrected chi connectivity index (χ3v) is 3.26. The van der Waals surface area contributed by atoms with Gasteiger partial charge in [0.2, 0.25) is 11.7 Å². The minimum absolute atomic E-state index is 0.0775. The van der Waals surface area contributed by atoms with Gasteiger partial charge in [0.25, 0.3) is 0 Å². The molecule has 0 saturated heterocycles. The van der Waals surface area contributed by atoms with Crippen LogP contribution in [0.5, 0.6) is 0 Å².